The Morgan fingerprint density at radius 2 is 1.76 bits per heavy atom. The normalized spacial score (nSPS) is 11.9. The predicted octanol–water partition coefficient (Wildman–Crippen LogP) is 4.62. The van der Waals surface area contributed by atoms with Gasteiger partial charge in [0.1, 0.15) is 5.75 Å². The van der Waals surface area contributed by atoms with E-state index < -0.39 is 6.10 Å². The molecule has 1 amide bonds. The fourth-order valence-corrected chi connectivity index (χ4v) is 2.79. The topological polar surface area (TPSA) is 38.3 Å². The quantitative estimate of drug-likeness (QED) is 0.702. The van der Waals surface area contributed by atoms with Crippen LogP contribution in [0.5, 0.6) is 5.75 Å². The fraction of sp³-hybridized carbons (Fsp3) is 0.190. The van der Waals surface area contributed by atoms with Gasteiger partial charge in [0.15, 0.2) is 6.10 Å². The summed E-state index contributed by atoms with van der Waals surface area (Å²) in [4.78, 5) is 12.3. The van der Waals surface area contributed by atoms with Crippen LogP contribution in [0.4, 0.5) is 0 Å². The molecule has 0 spiro atoms. The van der Waals surface area contributed by atoms with Crippen LogP contribution in [0, 0.1) is 0 Å². The van der Waals surface area contributed by atoms with Crippen molar-refractivity contribution in [2.75, 3.05) is 6.54 Å². The monoisotopic (exact) mass is 353 g/mol. The smallest absolute Gasteiger partial charge is 0.260 e. The number of amides is 1. The number of fused-ring (bicyclic) bond motifs is 1. The number of carbonyl (C=O) groups excluding carboxylic acids is 1. The van der Waals surface area contributed by atoms with Gasteiger partial charge in [0.25, 0.3) is 5.91 Å². The van der Waals surface area contributed by atoms with Gasteiger partial charge < -0.3 is 10.1 Å². The lowest BCUT2D eigenvalue weighted by atomic mass is 10.1. The SMILES string of the molecule is C[C@@H](Oc1cccc2ccccc12)C(=O)NCCc1ccc(Cl)cc1. The molecule has 1 N–H and O–H groups in total. The molecular weight excluding hydrogens is 334 g/mol. The first-order valence-corrected chi connectivity index (χ1v) is 8.68. The molecule has 0 aliphatic rings. The predicted molar refractivity (Wildman–Crippen MR) is 102 cm³/mol. The van der Waals surface area contributed by atoms with Gasteiger partial charge in [-0.2, -0.15) is 0 Å². The molecular formula is C21H20ClNO2. The molecule has 3 rings (SSSR count). The average molecular weight is 354 g/mol. The zero-order valence-corrected chi connectivity index (χ0v) is 14.8. The summed E-state index contributed by atoms with van der Waals surface area (Å²) in [5.41, 5.74) is 1.13. The van der Waals surface area contributed by atoms with E-state index >= 15 is 0 Å². The van der Waals surface area contributed by atoms with Gasteiger partial charge in [0.05, 0.1) is 0 Å². The Hall–Kier alpha value is -2.52. The summed E-state index contributed by atoms with van der Waals surface area (Å²) in [5, 5.41) is 5.73. The van der Waals surface area contributed by atoms with Crippen molar-refractivity contribution in [1.82, 2.24) is 5.32 Å². The molecule has 0 saturated heterocycles. The number of rotatable bonds is 6. The second-order valence-corrected chi connectivity index (χ2v) is 6.34. The van der Waals surface area contributed by atoms with E-state index in [1.807, 2.05) is 66.7 Å². The molecule has 0 aromatic heterocycles. The molecule has 0 unspecified atom stereocenters. The van der Waals surface area contributed by atoms with Gasteiger partial charge in [-0.1, -0.05) is 60.1 Å². The fourth-order valence-electron chi connectivity index (χ4n) is 2.67. The molecule has 0 aliphatic heterocycles. The lowest BCUT2D eigenvalue weighted by Crippen LogP contribution is -2.37. The minimum absolute atomic E-state index is 0.123. The summed E-state index contributed by atoms with van der Waals surface area (Å²) in [5.74, 6) is 0.598. The summed E-state index contributed by atoms with van der Waals surface area (Å²) in [6.45, 7) is 2.32. The van der Waals surface area contributed by atoms with E-state index in [0.717, 1.165) is 28.5 Å². The Bertz CT molecular complexity index is 856. The van der Waals surface area contributed by atoms with Gasteiger partial charge in [0.2, 0.25) is 0 Å². The maximum atomic E-state index is 12.3. The zero-order chi connectivity index (χ0) is 17.6. The van der Waals surface area contributed by atoms with E-state index in [4.69, 9.17) is 16.3 Å². The number of hydrogen-bond acceptors (Lipinski definition) is 2. The molecule has 1 atom stereocenters. The Balaban J connectivity index is 1.56. The standard InChI is InChI=1S/C21H20ClNO2/c1-15(21(24)23-14-13-16-9-11-18(22)12-10-16)25-20-8-4-6-17-5-2-3-7-19(17)20/h2-12,15H,13-14H2,1H3,(H,23,24)/t15-/m1/s1. The second kappa shape index (κ2) is 8.04. The number of nitrogens with one attached hydrogen (secondary N) is 1. The lowest BCUT2D eigenvalue weighted by Gasteiger charge is -2.16. The minimum atomic E-state index is -0.559. The zero-order valence-electron chi connectivity index (χ0n) is 14.0. The largest absolute Gasteiger partial charge is 0.480 e. The molecule has 128 valence electrons. The molecule has 3 aromatic carbocycles. The highest BCUT2D eigenvalue weighted by atomic mass is 35.5. The van der Waals surface area contributed by atoms with Crippen molar-refractivity contribution < 1.29 is 9.53 Å². The van der Waals surface area contributed by atoms with Crippen molar-refractivity contribution in [2.45, 2.75) is 19.4 Å². The first kappa shape index (κ1) is 17.3. The molecule has 0 bridgehead atoms. The van der Waals surface area contributed by atoms with Crippen LogP contribution in [0.25, 0.3) is 10.8 Å². The van der Waals surface area contributed by atoms with Crippen molar-refractivity contribution in [2.24, 2.45) is 0 Å². The van der Waals surface area contributed by atoms with Crippen molar-refractivity contribution >= 4 is 28.3 Å². The van der Waals surface area contributed by atoms with Crippen LogP contribution >= 0.6 is 11.6 Å². The molecule has 0 radical (unpaired) electrons. The van der Waals surface area contributed by atoms with E-state index in [1.54, 1.807) is 6.92 Å². The Morgan fingerprint density at radius 3 is 2.56 bits per heavy atom. The molecule has 0 saturated carbocycles. The summed E-state index contributed by atoms with van der Waals surface area (Å²) in [7, 11) is 0. The number of ether oxygens (including phenoxy) is 1. The third-order valence-corrected chi connectivity index (χ3v) is 4.30. The van der Waals surface area contributed by atoms with Gasteiger partial charge in [0, 0.05) is 17.0 Å². The number of benzene rings is 3. The van der Waals surface area contributed by atoms with E-state index in [9.17, 15) is 4.79 Å². The molecule has 3 nitrogen and oxygen atoms in total. The summed E-state index contributed by atoms with van der Waals surface area (Å²) < 4.78 is 5.88. The molecule has 0 heterocycles. The van der Waals surface area contributed by atoms with E-state index in [-0.39, 0.29) is 5.91 Å². The van der Waals surface area contributed by atoms with Crippen LogP contribution in [-0.4, -0.2) is 18.6 Å². The summed E-state index contributed by atoms with van der Waals surface area (Å²) >= 11 is 5.87. The van der Waals surface area contributed by atoms with Crippen LogP contribution in [0.3, 0.4) is 0 Å². The average Bonchev–Trinajstić information content (AvgIpc) is 2.63. The Morgan fingerprint density at radius 1 is 1.04 bits per heavy atom. The van der Waals surface area contributed by atoms with E-state index in [1.165, 1.54) is 0 Å². The molecule has 25 heavy (non-hydrogen) atoms. The summed E-state index contributed by atoms with van der Waals surface area (Å²) in [6.07, 6.45) is 0.195. The van der Waals surface area contributed by atoms with Crippen molar-refractivity contribution in [3.8, 4) is 5.75 Å². The molecule has 4 heteroatoms. The van der Waals surface area contributed by atoms with Crippen LogP contribution in [0.2, 0.25) is 5.02 Å². The van der Waals surface area contributed by atoms with Crippen molar-refractivity contribution in [3.05, 3.63) is 77.3 Å². The molecule has 3 aromatic rings. The van der Waals surface area contributed by atoms with Crippen LogP contribution < -0.4 is 10.1 Å². The Kier molecular flexibility index (Phi) is 5.56. The van der Waals surface area contributed by atoms with Gasteiger partial charge >= 0.3 is 0 Å². The Labute approximate surface area is 152 Å². The van der Waals surface area contributed by atoms with Crippen molar-refractivity contribution in [3.63, 3.8) is 0 Å². The van der Waals surface area contributed by atoms with Crippen molar-refractivity contribution in [1.29, 1.82) is 0 Å². The highest BCUT2D eigenvalue weighted by molar-refractivity contribution is 6.30. The van der Waals surface area contributed by atoms with Crippen LogP contribution in [0.15, 0.2) is 66.7 Å². The molecule has 0 aliphatic carbocycles. The highest BCUT2D eigenvalue weighted by Gasteiger charge is 2.15. The number of halogens is 1. The maximum Gasteiger partial charge on any atom is 0.260 e. The lowest BCUT2D eigenvalue weighted by molar-refractivity contribution is -0.127. The van der Waals surface area contributed by atoms with Gasteiger partial charge in [-0.3, -0.25) is 4.79 Å². The van der Waals surface area contributed by atoms with Crippen LogP contribution in [0.1, 0.15) is 12.5 Å². The minimum Gasteiger partial charge on any atom is -0.480 e. The third-order valence-electron chi connectivity index (χ3n) is 4.05. The first-order valence-electron chi connectivity index (χ1n) is 8.30. The maximum absolute atomic E-state index is 12.3. The van der Waals surface area contributed by atoms with E-state index in [2.05, 4.69) is 5.32 Å². The summed E-state index contributed by atoms with van der Waals surface area (Å²) in [6, 6.07) is 21.5. The van der Waals surface area contributed by atoms with Gasteiger partial charge in [-0.05, 0) is 42.5 Å². The van der Waals surface area contributed by atoms with Crippen LogP contribution in [-0.2, 0) is 11.2 Å². The second-order valence-electron chi connectivity index (χ2n) is 5.90. The number of hydrogen-bond donors (Lipinski definition) is 1. The van der Waals surface area contributed by atoms with Gasteiger partial charge in [-0.15, -0.1) is 0 Å². The third kappa shape index (κ3) is 4.52. The first-order chi connectivity index (χ1) is 12.1. The van der Waals surface area contributed by atoms with Gasteiger partial charge in [-0.25, -0.2) is 0 Å². The highest BCUT2D eigenvalue weighted by Crippen LogP contribution is 2.26. The van der Waals surface area contributed by atoms with E-state index in [0.29, 0.717) is 11.6 Å². The number of carbonyl (C=O) groups is 1. The molecule has 0 fully saturated rings.